The van der Waals surface area contributed by atoms with Crippen LogP contribution in [0.15, 0.2) is 0 Å². The molecule has 0 amide bonds. The number of hydrogen-bond donors (Lipinski definition) is 2. The maximum Gasteiger partial charge on any atom is 0.323 e. The Balaban J connectivity index is 2.62. The minimum Gasteiger partial charge on any atom is -0.464 e. The number of nitrogen functional groups attached to an aromatic ring is 1. The molecule has 0 bridgehead atoms. The average Bonchev–Trinajstić information content (AvgIpc) is 2.18. The summed E-state index contributed by atoms with van der Waals surface area (Å²) in [5, 5.41) is 2.94. The summed E-state index contributed by atoms with van der Waals surface area (Å²) in [5.74, 6) is 0.524. The fourth-order valence-electron chi connectivity index (χ4n) is 0.910. The number of nitrogens with zero attached hydrogens (tertiary/aromatic N) is 3. The summed E-state index contributed by atoms with van der Waals surface area (Å²) < 4.78 is 10.00. The van der Waals surface area contributed by atoms with Crippen molar-refractivity contribution in [3.05, 3.63) is 0 Å². The highest BCUT2D eigenvalue weighted by molar-refractivity contribution is 5.32. The third-order valence-corrected chi connectivity index (χ3v) is 1.49. The molecule has 0 fully saturated rings. The summed E-state index contributed by atoms with van der Waals surface area (Å²) in [4.78, 5) is 11.7. The second-order valence-corrected chi connectivity index (χ2v) is 2.65. The lowest BCUT2D eigenvalue weighted by Crippen LogP contribution is -2.12. The number of ether oxygens (including phenoxy) is 2. The van der Waals surface area contributed by atoms with Crippen LogP contribution in [-0.4, -0.2) is 41.8 Å². The van der Waals surface area contributed by atoms with Crippen LogP contribution < -0.4 is 15.8 Å². The Morgan fingerprint density at radius 3 is 2.80 bits per heavy atom. The molecule has 0 radical (unpaired) electrons. The number of aromatic nitrogens is 3. The number of rotatable bonds is 6. The van der Waals surface area contributed by atoms with E-state index in [1.807, 2.05) is 6.92 Å². The second kappa shape index (κ2) is 5.97. The molecule has 0 saturated heterocycles. The van der Waals surface area contributed by atoms with E-state index in [9.17, 15) is 0 Å². The van der Waals surface area contributed by atoms with E-state index >= 15 is 0 Å². The monoisotopic (exact) mass is 213 g/mol. The zero-order chi connectivity index (χ0) is 11.1. The lowest BCUT2D eigenvalue weighted by Gasteiger charge is -2.06. The largest absolute Gasteiger partial charge is 0.464 e. The maximum atomic E-state index is 5.48. The van der Waals surface area contributed by atoms with E-state index in [1.165, 1.54) is 0 Å². The van der Waals surface area contributed by atoms with Crippen LogP contribution in [-0.2, 0) is 4.74 Å². The summed E-state index contributed by atoms with van der Waals surface area (Å²) in [7, 11) is 1.62. The molecule has 0 aliphatic rings. The first-order chi connectivity index (χ1) is 7.26. The van der Waals surface area contributed by atoms with Crippen LogP contribution in [0.2, 0.25) is 0 Å². The van der Waals surface area contributed by atoms with Crippen molar-refractivity contribution in [1.82, 2.24) is 15.0 Å². The summed E-state index contributed by atoms with van der Waals surface area (Å²) in [6.07, 6.45) is 0. The van der Waals surface area contributed by atoms with Gasteiger partial charge < -0.3 is 20.5 Å². The molecule has 7 heteroatoms. The Bertz CT molecular complexity index is 307. The molecule has 3 N–H and O–H groups in total. The van der Waals surface area contributed by atoms with Crippen molar-refractivity contribution in [2.24, 2.45) is 0 Å². The Kier molecular flexibility index (Phi) is 4.55. The van der Waals surface area contributed by atoms with Crippen molar-refractivity contribution in [3.63, 3.8) is 0 Å². The third kappa shape index (κ3) is 3.94. The van der Waals surface area contributed by atoms with Crippen LogP contribution in [0.25, 0.3) is 0 Å². The van der Waals surface area contributed by atoms with Crippen LogP contribution in [0.1, 0.15) is 6.92 Å². The van der Waals surface area contributed by atoms with Crippen molar-refractivity contribution in [2.45, 2.75) is 6.92 Å². The van der Waals surface area contributed by atoms with Gasteiger partial charge in [0.05, 0.1) is 13.2 Å². The molecule has 1 aromatic rings. The second-order valence-electron chi connectivity index (χ2n) is 2.65. The normalized spacial score (nSPS) is 10.0. The van der Waals surface area contributed by atoms with Gasteiger partial charge >= 0.3 is 6.01 Å². The van der Waals surface area contributed by atoms with Crippen LogP contribution in [0, 0.1) is 0 Å². The minimum atomic E-state index is 0.133. The molecule has 1 heterocycles. The zero-order valence-electron chi connectivity index (χ0n) is 8.86. The minimum absolute atomic E-state index is 0.133. The molecular weight excluding hydrogens is 198 g/mol. The van der Waals surface area contributed by atoms with Gasteiger partial charge in [0.25, 0.3) is 0 Å². The molecule has 0 unspecified atom stereocenters. The van der Waals surface area contributed by atoms with Crippen LogP contribution in [0.3, 0.4) is 0 Å². The van der Waals surface area contributed by atoms with E-state index in [-0.39, 0.29) is 12.0 Å². The van der Waals surface area contributed by atoms with Crippen molar-refractivity contribution in [2.75, 3.05) is 37.9 Å². The highest BCUT2D eigenvalue weighted by Crippen LogP contribution is 2.08. The first kappa shape index (κ1) is 11.4. The summed E-state index contributed by atoms with van der Waals surface area (Å²) in [5.41, 5.74) is 5.48. The molecule has 0 saturated carbocycles. The van der Waals surface area contributed by atoms with Gasteiger partial charge in [-0.25, -0.2) is 0 Å². The summed E-state index contributed by atoms with van der Waals surface area (Å²) in [6.45, 7) is 3.50. The van der Waals surface area contributed by atoms with Crippen molar-refractivity contribution in [1.29, 1.82) is 0 Å². The molecule has 0 aromatic carbocycles. The zero-order valence-corrected chi connectivity index (χ0v) is 8.86. The molecule has 84 valence electrons. The number of nitrogens with one attached hydrogen (secondary N) is 1. The van der Waals surface area contributed by atoms with Crippen LogP contribution >= 0.6 is 0 Å². The summed E-state index contributed by atoms with van der Waals surface area (Å²) >= 11 is 0. The predicted molar refractivity (Wildman–Crippen MR) is 55.8 cm³/mol. The first-order valence-electron chi connectivity index (χ1n) is 4.63. The van der Waals surface area contributed by atoms with Gasteiger partial charge in [-0.05, 0) is 6.92 Å². The van der Waals surface area contributed by atoms with Crippen molar-refractivity contribution in [3.8, 4) is 6.01 Å². The van der Waals surface area contributed by atoms with E-state index < -0.39 is 0 Å². The number of hydrogen-bond acceptors (Lipinski definition) is 7. The molecule has 1 rings (SSSR count). The first-order valence-corrected chi connectivity index (χ1v) is 4.63. The summed E-state index contributed by atoms with van der Waals surface area (Å²) in [6, 6.07) is 0.227. The van der Waals surface area contributed by atoms with Gasteiger partial charge in [-0.1, -0.05) is 0 Å². The quantitative estimate of drug-likeness (QED) is 0.637. The smallest absolute Gasteiger partial charge is 0.323 e. The topological polar surface area (TPSA) is 95.2 Å². The molecular formula is C8H15N5O2. The van der Waals surface area contributed by atoms with E-state index in [0.717, 1.165) is 0 Å². The van der Waals surface area contributed by atoms with Gasteiger partial charge in [0.15, 0.2) is 0 Å². The Hall–Kier alpha value is -1.63. The molecule has 0 atom stereocenters. The predicted octanol–water partition coefficient (Wildman–Crippen LogP) is -0.0892. The highest BCUT2D eigenvalue weighted by atomic mass is 16.5. The van der Waals surface area contributed by atoms with Gasteiger partial charge in [0, 0.05) is 13.7 Å². The van der Waals surface area contributed by atoms with Gasteiger partial charge in [0.2, 0.25) is 11.9 Å². The lowest BCUT2D eigenvalue weighted by molar-refractivity contribution is 0.210. The van der Waals surface area contributed by atoms with Crippen LogP contribution in [0.4, 0.5) is 11.9 Å². The maximum absolute atomic E-state index is 5.48. The van der Waals surface area contributed by atoms with E-state index in [1.54, 1.807) is 7.11 Å². The highest BCUT2D eigenvalue weighted by Gasteiger charge is 2.03. The molecule has 7 nitrogen and oxygen atoms in total. The van der Waals surface area contributed by atoms with Crippen LogP contribution in [0.5, 0.6) is 6.01 Å². The lowest BCUT2D eigenvalue weighted by atomic mass is 10.7. The molecule has 1 aromatic heterocycles. The standard InChI is InChI=1S/C8H15N5O2/c1-3-15-8-12-6(9)11-7(13-8)10-4-5-14-2/h3-5H2,1-2H3,(H3,9,10,11,12,13). The number of methoxy groups -OCH3 is 1. The Morgan fingerprint density at radius 1 is 1.33 bits per heavy atom. The molecule has 0 aliphatic carbocycles. The molecule has 15 heavy (non-hydrogen) atoms. The molecule has 0 spiro atoms. The van der Waals surface area contributed by atoms with Crippen molar-refractivity contribution < 1.29 is 9.47 Å². The van der Waals surface area contributed by atoms with Gasteiger partial charge in [-0.15, -0.1) is 0 Å². The molecule has 0 aliphatic heterocycles. The fraction of sp³-hybridized carbons (Fsp3) is 0.625. The van der Waals surface area contributed by atoms with E-state index in [2.05, 4.69) is 20.3 Å². The average molecular weight is 213 g/mol. The Morgan fingerprint density at radius 2 is 2.13 bits per heavy atom. The Labute approximate surface area is 88.0 Å². The van der Waals surface area contributed by atoms with Gasteiger partial charge in [-0.3, -0.25) is 0 Å². The SMILES string of the molecule is CCOc1nc(N)nc(NCCOC)n1. The van der Waals surface area contributed by atoms with Crippen molar-refractivity contribution >= 4 is 11.9 Å². The number of nitrogens with two attached hydrogens (primary N) is 1. The van der Waals surface area contributed by atoms with Gasteiger partial charge in [0.1, 0.15) is 0 Å². The van der Waals surface area contributed by atoms with E-state index in [0.29, 0.717) is 25.7 Å². The third-order valence-electron chi connectivity index (χ3n) is 1.49. The fourth-order valence-corrected chi connectivity index (χ4v) is 0.910. The number of anilines is 2. The van der Waals surface area contributed by atoms with E-state index in [4.69, 9.17) is 15.2 Å². The van der Waals surface area contributed by atoms with Gasteiger partial charge in [-0.2, -0.15) is 15.0 Å².